The van der Waals surface area contributed by atoms with Crippen molar-refractivity contribution in [2.45, 2.75) is 40.8 Å². The van der Waals surface area contributed by atoms with E-state index in [0.717, 1.165) is 22.4 Å². The Labute approximate surface area is 154 Å². The van der Waals surface area contributed by atoms with Gasteiger partial charge in [-0.2, -0.15) is 0 Å². The van der Waals surface area contributed by atoms with Crippen LogP contribution in [0.25, 0.3) is 11.3 Å². The molecule has 4 nitrogen and oxygen atoms in total. The molecule has 0 spiro atoms. The van der Waals surface area contributed by atoms with E-state index in [1.807, 2.05) is 38.2 Å². The predicted octanol–water partition coefficient (Wildman–Crippen LogP) is 4.43. The number of pyridine rings is 2. The van der Waals surface area contributed by atoms with Crippen LogP contribution in [0.1, 0.15) is 29.2 Å². The van der Waals surface area contributed by atoms with E-state index in [1.54, 1.807) is 10.6 Å². The van der Waals surface area contributed by atoms with Gasteiger partial charge in [-0.15, -0.1) is 0 Å². The third-order valence-electron chi connectivity index (χ3n) is 4.54. The van der Waals surface area contributed by atoms with Crippen molar-refractivity contribution in [3.63, 3.8) is 0 Å². The minimum absolute atomic E-state index is 0.0171. The first kappa shape index (κ1) is 17.9. The van der Waals surface area contributed by atoms with Crippen molar-refractivity contribution in [3.8, 4) is 17.1 Å². The Morgan fingerprint density at radius 3 is 2.58 bits per heavy atom. The molecule has 0 aliphatic heterocycles. The summed E-state index contributed by atoms with van der Waals surface area (Å²) in [5.41, 5.74) is 6.19. The Hall–Kier alpha value is -2.88. The van der Waals surface area contributed by atoms with E-state index in [2.05, 4.69) is 37.0 Å². The van der Waals surface area contributed by atoms with E-state index in [1.165, 1.54) is 11.1 Å². The molecule has 3 rings (SSSR count). The monoisotopic (exact) mass is 348 g/mol. The summed E-state index contributed by atoms with van der Waals surface area (Å²) in [6, 6.07) is 13.6. The first-order chi connectivity index (χ1) is 12.5. The lowest BCUT2D eigenvalue weighted by atomic mass is 10.1. The first-order valence-electron chi connectivity index (χ1n) is 8.85. The fourth-order valence-electron chi connectivity index (χ4n) is 3.01. The SMILES string of the molecule is CCn1cc(C)c(-c2cccc(OCc3ccc(C)cc3C)n2)cc1=O. The number of aromatic nitrogens is 2. The summed E-state index contributed by atoms with van der Waals surface area (Å²) in [4.78, 5) is 16.8. The fraction of sp³-hybridized carbons (Fsp3) is 0.273. The van der Waals surface area contributed by atoms with Crippen LogP contribution in [-0.4, -0.2) is 9.55 Å². The van der Waals surface area contributed by atoms with E-state index in [9.17, 15) is 4.79 Å². The number of aryl methyl sites for hydroxylation is 4. The standard InChI is InChI=1S/C22H24N2O2/c1-5-24-13-17(4)19(12-22(24)25)20-7-6-8-21(23-20)26-14-18-10-9-15(2)11-16(18)3/h6-13H,5,14H2,1-4H3. The van der Waals surface area contributed by atoms with Crippen molar-refractivity contribution < 1.29 is 4.74 Å². The van der Waals surface area contributed by atoms with Gasteiger partial charge in [0, 0.05) is 30.4 Å². The second kappa shape index (κ2) is 7.56. The van der Waals surface area contributed by atoms with Crippen molar-refractivity contribution >= 4 is 0 Å². The number of hydrogen-bond acceptors (Lipinski definition) is 3. The molecule has 0 saturated heterocycles. The third kappa shape index (κ3) is 3.85. The molecule has 0 saturated carbocycles. The highest BCUT2D eigenvalue weighted by molar-refractivity contribution is 5.63. The molecule has 1 aromatic carbocycles. The average Bonchev–Trinajstić information content (AvgIpc) is 2.63. The molecule has 0 atom stereocenters. The third-order valence-corrected chi connectivity index (χ3v) is 4.54. The minimum atomic E-state index is -0.0171. The van der Waals surface area contributed by atoms with Crippen LogP contribution in [0, 0.1) is 20.8 Å². The van der Waals surface area contributed by atoms with Gasteiger partial charge in [0.25, 0.3) is 5.56 Å². The first-order valence-corrected chi connectivity index (χ1v) is 8.85. The van der Waals surface area contributed by atoms with E-state index in [-0.39, 0.29) is 5.56 Å². The number of benzene rings is 1. The molecule has 2 heterocycles. The smallest absolute Gasteiger partial charge is 0.251 e. The molecule has 0 bridgehead atoms. The molecule has 0 amide bonds. The summed E-state index contributed by atoms with van der Waals surface area (Å²) in [6.07, 6.45) is 1.88. The number of rotatable bonds is 5. The molecule has 0 aliphatic rings. The summed E-state index contributed by atoms with van der Waals surface area (Å²) in [5, 5.41) is 0. The van der Waals surface area contributed by atoms with Crippen molar-refractivity contribution in [1.29, 1.82) is 0 Å². The van der Waals surface area contributed by atoms with Crippen LogP contribution >= 0.6 is 0 Å². The predicted molar refractivity (Wildman–Crippen MR) is 105 cm³/mol. The molecule has 26 heavy (non-hydrogen) atoms. The second-order valence-electron chi connectivity index (χ2n) is 6.57. The summed E-state index contributed by atoms with van der Waals surface area (Å²) >= 11 is 0. The van der Waals surface area contributed by atoms with Crippen LogP contribution < -0.4 is 10.3 Å². The van der Waals surface area contributed by atoms with Gasteiger partial charge in [-0.25, -0.2) is 4.98 Å². The van der Waals surface area contributed by atoms with Gasteiger partial charge in [-0.05, 0) is 50.5 Å². The maximum atomic E-state index is 12.2. The summed E-state index contributed by atoms with van der Waals surface area (Å²) in [7, 11) is 0. The summed E-state index contributed by atoms with van der Waals surface area (Å²) < 4.78 is 7.59. The summed E-state index contributed by atoms with van der Waals surface area (Å²) in [5.74, 6) is 0.557. The fourth-order valence-corrected chi connectivity index (χ4v) is 3.01. The molecule has 134 valence electrons. The van der Waals surface area contributed by atoms with Crippen LogP contribution in [0.5, 0.6) is 5.88 Å². The molecule has 0 N–H and O–H groups in total. The molecule has 0 radical (unpaired) electrons. The highest BCUT2D eigenvalue weighted by Gasteiger charge is 2.08. The Morgan fingerprint density at radius 1 is 1.04 bits per heavy atom. The van der Waals surface area contributed by atoms with Gasteiger partial charge in [0.05, 0.1) is 5.69 Å². The van der Waals surface area contributed by atoms with Gasteiger partial charge in [-0.3, -0.25) is 4.79 Å². The zero-order valence-electron chi connectivity index (χ0n) is 15.7. The lowest BCUT2D eigenvalue weighted by molar-refractivity contribution is 0.293. The Morgan fingerprint density at radius 2 is 1.85 bits per heavy atom. The van der Waals surface area contributed by atoms with Gasteiger partial charge >= 0.3 is 0 Å². The van der Waals surface area contributed by atoms with E-state index >= 15 is 0 Å². The van der Waals surface area contributed by atoms with Crippen molar-refractivity contribution in [2.24, 2.45) is 0 Å². The van der Waals surface area contributed by atoms with Crippen molar-refractivity contribution in [3.05, 3.63) is 81.3 Å². The average molecular weight is 348 g/mol. The van der Waals surface area contributed by atoms with Gasteiger partial charge in [-0.1, -0.05) is 29.8 Å². The number of nitrogens with zero attached hydrogens (tertiary/aromatic N) is 2. The van der Waals surface area contributed by atoms with Gasteiger partial charge < -0.3 is 9.30 Å². The van der Waals surface area contributed by atoms with E-state index < -0.39 is 0 Å². The molecule has 3 aromatic rings. The summed E-state index contributed by atoms with van der Waals surface area (Å²) in [6.45, 7) is 9.25. The quantitative estimate of drug-likeness (QED) is 0.685. The zero-order chi connectivity index (χ0) is 18.7. The Balaban J connectivity index is 1.85. The molecule has 0 unspecified atom stereocenters. The van der Waals surface area contributed by atoms with Crippen LogP contribution in [0.2, 0.25) is 0 Å². The largest absolute Gasteiger partial charge is 0.473 e. The van der Waals surface area contributed by atoms with Crippen molar-refractivity contribution in [1.82, 2.24) is 9.55 Å². The Bertz CT molecular complexity index is 990. The van der Waals surface area contributed by atoms with Crippen LogP contribution in [0.4, 0.5) is 0 Å². The van der Waals surface area contributed by atoms with E-state index in [4.69, 9.17) is 4.74 Å². The lowest BCUT2D eigenvalue weighted by Crippen LogP contribution is -2.18. The van der Waals surface area contributed by atoms with Crippen molar-refractivity contribution in [2.75, 3.05) is 0 Å². The number of hydrogen-bond donors (Lipinski definition) is 0. The van der Waals surface area contributed by atoms with Crippen LogP contribution in [-0.2, 0) is 13.2 Å². The zero-order valence-corrected chi connectivity index (χ0v) is 15.7. The molecule has 2 aromatic heterocycles. The highest BCUT2D eigenvalue weighted by Crippen LogP contribution is 2.22. The molecule has 0 aliphatic carbocycles. The topological polar surface area (TPSA) is 44.1 Å². The Kier molecular flexibility index (Phi) is 5.21. The van der Waals surface area contributed by atoms with Gasteiger partial charge in [0.2, 0.25) is 5.88 Å². The molecule has 0 fully saturated rings. The maximum Gasteiger partial charge on any atom is 0.251 e. The van der Waals surface area contributed by atoms with Gasteiger partial charge in [0.15, 0.2) is 0 Å². The molecular formula is C22H24N2O2. The van der Waals surface area contributed by atoms with Crippen LogP contribution in [0.15, 0.2) is 53.5 Å². The highest BCUT2D eigenvalue weighted by atomic mass is 16.5. The number of ether oxygens (including phenoxy) is 1. The minimum Gasteiger partial charge on any atom is -0.473 e. The maximum absolute atomic E-state index is 12.2. The van der Waals surface area contributed by atoms with Crippen LogP contribution in [0.3, 0.4) is 0 Å². The van der Waals surface area contributed by atoms with Gasteiger partial charge in [0.1, 0.15) is 6.61 Å². The second-order valence-corrected chi connectivity index (χ2v) is 6.57. The van der Waals surface area contributed by atoms with E-state index in [0.29, 0.717) is 19.0 Å². The molecular weight excluding hydrogens is 324 g/mol. The normalized spacial score (nSPS) is 10.8. The molecule has 4 heteroatoms. The lowest BCUT2D eigenvalue weighted by Gasteiger charge is -2.11.